The van der Waals surface area contributed by atoms with Crippen molar-refractivity contribution in [1.29, 1.82) is 0 Å². The summed E-state index contributed by atoms with van der Waals surface area (Å²) in [6, 6.07) is 6.02. The largest absolute Gasteiger partial charge is 0.368 e. The van der Waals surface area contributed by atoms with Crippen molar-refractivity contribution in [1.82, 2.24) is 15.5 Å². The van der Waals surface area contributed by atoms with E-state index in [1.807, 2.05) is 26.0 Å². The standard InChI is InChI=1S/C19H30ClN5O/c1-14-6-7-15(20)12-16(14)24-8-10-25(11-9-24)18(22-5)23-13-19(2,3)17(26)21-4/h6-7,12H,8-11,13H2,1-5H3,(H,21,26)(H,22,23). The van der Waals surface area contributed by atoms with Crippen molar-refractivity contribution >= 4 is 29.2 Å². The third kappa shape index (κ3) is 4.81. The third-order valence-corrected chi connectivity index (χ3v) is 5.07. The number of nitrogens with one attached hydrogen (secondary N) is 2. The molecule has 1 aromatic carbocycles. The maximum Gasteiger partial charge on any atom is 0.227 e. The fraction of sp³-hybridized carbons (Fsp3) is 0.579. The van der Waals surface area contributed by atoms with Gasteiger partial charge >= 0.3 is 0 Å². The molecule has 7 heteroatoms. The average Bonchev–Trinajstić information content (AvgIpc) is 2.64. The second kappa shape index (κ2) is 8.62. The molecule has 2 rings (SSSR count). The van der Waals surface area contributed by atoms with Crippen LogP contribution in [0.15, 0.2) is 23.2 Å². The minimum atomic E-state index is -0.496. The van der Waals surface area contributed by atoms with E-state index in [1.54, 1.807) is 14.1 Å². The lowest BCUT2D eigenvalue weighted by atomic mass is 9.92. The highest BCUT2D eigenvalue weighted by molar-refractivity contribution is 6.30. The van der Waals surface area contributed by atoms with Gasteiger partial charge in [0.05, 0.1) is 5.41 Å². The molecular formula is C19H30ClN5O. The Kier molecular flexibility index (Phi) is 6.75. The number of rotatable bonds is 4. The zero-order valence-corrected chi connectivity index (χ0v) is 17.2. The number of anilines is 1. The number of piperazine rings is 1. The van der Waals surface area contributed by atoms with E-state index in [4.69, 9.17) is 11.6 Å². The molecule has 0 spiro atoms. The highest BCUT2D eigenvalue weighted by Gasteiger charge is 2.28. The lowest BCUT2D eigenvalue weighted by molar-refractivity contribution is -0.128. The van der Waals surface area contributed by atoms with Gasteiger partial charge in [-0.2, -0.15) is 0 Å². The molecule has 1 aromatic rings. The van der Waals surface area contributed by atoms with Crippen LogP contribution in [-0.4, -0.2) is 63.6 Å². The fourth-order valence-electron chi connectivity index (χ4n) is 3.13. The Morgan fingerprint density at radius 3 is 2.50 bits per heavy atom. The molecule has 0 radical (unpaired) electrons. The van der Waals surface area contributed by atoms with Crippen molar-refractivity contribution in [2.75, 3.05) is 51.7 Å². The van der Waals surface area contributed by atoms with E-state index >= 15 is 0 Å². The molecule has 6 nitrogen and oxygen atoms in total. The Labute approximate surface area is 161 Å². The van der Waals surface area contributed by atoms with Crippen molar-refractivity contribution in [3.63, 3.8) is 0 Å². The van der Waals surface area contributed by atoms with Crippen LogP contribution in [0.2, 0.25) is 5.02 Å². The second-order valence-corrected chi connectivity index (χ2v) is 7.71. The summed E-state index contributed by atoms with van der Waals surface area (Å²) < 4.78 is 0. The number of guanidine groups is 1. The SMILES string of the molecule is CN=C(NCC(C)(C)C(=O)NC)N1CCN(c2cc(Cl)ccc2C)CC1. The van der Waals surface area contributed by atoms with Gasteiger partial charge in [-0.3, -0.25) is 9.79 Å². The smallest absolute Gasteiger partial charge is 0.227 e. The second-order valence-electron chi connectivity index (χ2n) is 7.27. The molecule has 1 heterocycles. The van der Waals surface area contributed by atoms with Crippen LogP contribution in [0.1, 0.15) is 19.4 Å². The molecule has 0 aromatic heterocycles. The van der Waals surface area contributed by atoms with Gasteiger partial charge in [-0.05, 0) is 38.5 Å². The number of amides is 1. The van der Waals surface area contributed by atoms with Crippen LogP contribution in [0.5, 0.6) is 0 Å². The summed E-state index contributed by atoms with van der Waals surface area (Å²) >= 11 is 6.16. The van der Waals surface area contributed by atoms with Gasteiger partial charge in [-0.1, -0.05) is 17.7 Å². The minimum Gasteiger partial charge on any atom is -0.368 e. The Balaban J connectivity index is 1.95. The van der Waals surface area contributed by atoms with Crippen LogP contribution in [-0.2, 0) is 4.79 Å². The summed E-state index contributed by atoms with van der Waals surface area (Å²) in [5, 5.41) is 6.82. The normalized spacial score (nSPS) is 15.8. The van der Waals surface area contributed by atoms with Gasteiger partial charge in [0, 0.05) is 57.5 Å². The summed E-state index contributed by atoms with van der Waals surface area (Å²) in [4.78, 5) is 20.9. The number of hydrogen-bond donors (Lipinski definition) is 2. The van der Waals surface area contributed by atoms with E-state index in [0.29, 0.717) is 6.54 Å². The number of nitrogens with zero attached hydrogens (tertiary/aromatic N) is 3. The molecule has 0 saturated carbocycles. The van der Waals surface area contributed by atoms with Crippen molar-refractivity contribution < 1.29 is 4.79 Å². The first kappa shape index (κ1) is 20.4. The van der Waals surface area contributed by atoms with E-state index in [2.05, 4.69) is 38.4 Å². The van der Waals surface area contributed by atoms with Crippen LogP contribution >= 0.6 is 11.6 Å². The highest BCUT2D eigenvalue weighted by Crippen LogP contribution is 2.25. The third-order valence-electron chi connectivity index (χ3n) is 4.83. The summed E-state index contributed by atoms with van der Waals surface area (Å²) in [5.74, 6) is 0.853. The van der Waals surface area contributed by atoms with Crippen LogP contribution in [0.3, 0.4) is 0 Å². The Hall–Kier alpha value is -1.95. The first-order chi connectivity index (χ1) is 12.3. The fourth-order valence-corrected chi connectivity index (χ4v) is 3.30. The maximum atomic E-state index is 11.9. The summed E-state index contributed by atoms with van der Waals surface area (Å²) in [5.41, 5.74) is 1.93. The minimum absolute atomic E-state index is 0.0155. The number of carbonyl (C=O) groups excluding carboxylic acids is 1. The zero-order valence-electron chi connectivity index (χ0n) is 16.4. The first-order valence-corrected chi connectivity index (χ1v) is 9.35. The van der Waals surface area contributed by atoms with Crippen molar-refractivity contribution in [2.24, 2.45) is 10.4 Å². The number of carbonyl (C=O) groups is 1. The monoisotopic (exact) mass is 379 g/mol. The summed E-state index contributed by atoms with van der Waals surface area (Å²) in [6.45, 7) is 10.0. The predicted octanol–water partition coefficient (Wildman–Crippen LogP) is 2.12. The molecule has 0 atom stereocenters. The van der Waals surface area contributed by atoms with Crippen molar-refractivity contribution in [2.45, 2.75) is 20.8 Å². The van der Waals surface area contributed by atoms with E-state index in [0.717, 1.165) is 37.2 Å². The van der Waals surface area contributed by atoms with E-state index in [9.17, 15) is 4.79 Å². The Morgan fingerprint density at radius 1 is 1.27 bits per heavy atom. The average molecular weight is 380 g/mol. The van der Waals surface area contributed by atoms with E-state index < -0.39 is 5.41 Å². The molecule has 1 saturated heterocycles. The molecular weight excluding hydrogens is 350 g/mol. The summed E-state index contributed by atoms with van der Waals surface area (Å²) in [7, 11) is 3.44. The van der Waals surface area contributed by atoms with Crippen LogP contribution in [0.25, 0.3) is 0 Å². The lowest BCUT2D eigenvalue weighted by Gasteiger charge is -2.39. The molecule has 1 aliphatic heterocycles. The maximum absolute atomic E-state index is 11.9. The molecule has 1 aliphatic rings. The molecule has 144 valence electrons. The molecule has 0 aliphatic carbocycles. The van der Waals surface area contributed by atoms with E-state index in [-0.39, 0.29) is 5.91 Å². The van der Waals surface area contributed by atoms with Gasteiger partial charge in [0.15, 0.2) is 5.96 Å². The van der Waals surface area contributed by atoms with Gasteiger partial charge in [0.2, 0.25) is 5.91 Å². The topological polar surface area (TPSA) is 60.0 Å². The van der Waals surface area contributed by atoms with Gasteiger partial charge in [0.25, 0.3) is 0 Å². The number of benzene rings is 1. The van der Waals surface area contributed by atoms with Crippen LogP contribution in [0, 0.1) is 12.3 Å². The van der Waals surface area contributed by atoms with Crippen molar-refractivity contribution in [3.8, 4) is 0 Å². The summed E-state index contributed by atoms with van der Waals surface area (Å²) in [6.07, 6.45) is 0. The number of aliphatic imine (C=N–C) groups is 1. The molecule has 1 fully saturated rings. The Morgan fingerprint density at radius 2 is 1.92 bits per heavy atom. The number of hydrogen-bond acceptors (Lipinski definition) is 3. The number of aryl methyl sites for hydroxylation is 1. The molecule has 26 heavy (non-hydrogen) atoms. The van der Waals surface area contributed by atoms with Gasteiger partial charge in [-0.15, -0.1) is 0 Å². The van der Waals surface area contributed by atoms with Crippen LogP contribution in [0.4, 0.5) is 5.69 Å². The predicted molar refractivity (Wildman–Crippen MR) is 109 cm³/mol. The lowest BCUT2D eigenvalue weighted by Crippen LogP contribution is -2.54. The molecule has 0 unspecified atom stereocenters. The van der Waals surface area contributed by atoms with Gasteiger partial charge in [-0.25, -0.2) is 0 Å². The number of halogens is 1. The van der Waals surface area contributed by atoms with E-state index in [1.165, 1.54) is 11.3 Å². The molecule has 1 amide bonds. The quantitative estimate of drug-likeness (QED) is 0.621. The van der Waals surface area contributed by atoms with Gasteiger partial charge in [0.1, 0.15) is 0 Å². The molecule has 2 N–H and O–H groups in total. The Bertz CT molecular complexity index is 666. The molecule has 0 bridgehead atoms. The first-order valence-electron chi connectivity index (χ1n) is 8.97. The highest BCUT2D eigenvalue weighted by atomic mass is 35.5. The van der Waals surface area contributed by atoms with Crippen molar-refractivity contribution in [3.05, 3.63) is 28.8 Å². The zero-order chi connectivity index (χ0) is 19.3. The van der Waals surface area contributed by atoms with Crippen LogP contribution < -0.4 is 15.5 Å². The van der Waals surface area contributed by atoms with Gasteiger partial charge < -0.3 is 20.4 Å².